The topological polar surface area (TPSA) is 83.7 Å². The van der Waals surface area contributed by atoms with Crippen LogP contribution in [-0.4, -0.2) is 40.0 Å². The van der Waals surface area contributed by atoms with Crippen molar-refractivity contribution in [3.63, 3.8) is 0 Å². The Hall–Kier alpha value is -2.59. The number of ether oxygens (including phenoxy) is 1. The standard InChI is InChI=1S/C24H31N5O2.HI/c1-4-25-24(26-16-20-9-5-6-12-22(20)29-14-8-13-28-29)27-17-23(30)19-10-7-11-21(15-19)31-18(2)3;/h5-15,18,23,30H,4,16-17H2,1-3H3,(H2,25,26,27);1H. The minimum absolute atomic E-state index is 0. The molecule has 8 heteroatoms. The Morgan fingerprint density at radius 3 is 2.66 bits per heavy atom. The third kappa shape index (κ3) is 7.52. The van der Waals surface area contributed by atoms with Gasteiger partial charge in [0.2, 0.25) is 0 Å². The summed E-state index contributed by atoms with van der Waals surface area (Å²) in [4.78, 5) is 4.69. The summed E-state index contributed by atoms with van der Waals surface area (Å²) in [5, 5.41) is 21.4. The van der Waals surface area contributed by atoms with Crippen molar-refractivity contribution in [3.05, 3.63) is 78.1 Å². The molecule has 0 aliphatic rings. The van der Waals surface area contributed by atoms with E-state index in [4.69, 9.17) is 9.73 Å². The highest BCUT2D eigenvalue weighted by Crippen LogP contribution is 2.20. The molecular formula is C24H32IN5O2. The average Bonchev–Trinajstić information content (AvgIpc) is 3.30. The predicted octanol–water partition coefficient (Wildman–Crippen LogP) is 4.07. The van der Waals surface area contributed by atoms with Gasteiger partial charge in [0.15, 0.2) is 5.96 Å². The van der Waals surface area contributed by atoms with E-state index in [1.165, 1.54) is 0 Å². The molecule has 7 nitrogen and oxygen atoms in total. The van der Waals surface area contributed by atoms with E-state index in [0.29, 0.717) is 19.0 Å². The number of halogens is 1. The second-order valence-corrected chi connectivity index (χ2v) is 7.41. The van der Waals surface area contributed by atoms with Gasteiger partial charge in [-0.15, -0.1) is 24.0 Å². The van der Waals surface area contributed by atoms with Gasteiger partial charge in [-0.2, -0.15) is 5.10 Å². The van der Waals surface area contributed by atoms with Crippen molar-refractivity contribution in [1.29, 1.82) is 0 Å². The Balaban J connectivity index is 0.00000363. The largest absolute Gasteiger partial charge is 0.491 e. The number of guanidine groups is 1. The van der Waals surface area contributed by atoms with Crippen molar-refractivity contribution in [1.82, 2.24) is 20.4 Å². The van der Waals surface area contributed by atoms with Crippen LogP contribution in [0.2, 0.25) is 0 Å². The molecule has 0 saturated carbocycles. The molecule has 1 unspecified atom stereocenters. The van der Waals surface area contributed by atoms with Gasteiger partial charge in [0, 0.05) is 25.5 Å². The summed E-state index contributed by atoms with van der Waals surface area (Å²) in [6.07, 6.45) is 3.08. The van der Waals surface area contributed by atoms with Crippen LogP contribution in [0.4, 0.5) is 0 Å². The highest BCUT2D eigenvalue weighted by molar-refractivity contribution is 14.0. The predicted molar refractivity (Wildman–Crippen MR) is 139 cm³/mol. The second-order valence-electron chi connectivity index (χ2n) is 7.41. The first-order valence-electron chi connectivity index (χ1n) is 10.6. The first-order valence-corrected chi connectivity index (χ1v) is 10.6. The van der Waals surface area contributed by atoms with Gasteiger partial charge in [0.25, 0.3) is 0 Å². The summed E-state index contributed by atoms with van der Waals surface area (Å²) in [6, 6.07) is 17.5. The molecule has 3 aromatic rings. The Labute approximate surface area is 206 Å². The van der Waals surface area contributed by atoms with E-state index in [1.807, 2.05) is 86.2 Å². The van der Waals surface area contributed by atoms with Crippen LogP contribution in [0.5, 0.6) is 5.75 Å². The quantitative estimate of drug-likeness (QED) is 0.213. The molecule has 0 fully saturated rings. The van der Waals surface area contributed by atoms with Crippen molar-refractivity contribution < 1.29 is 9.84 Å². The number of nitrogens with one attached hydrogen (secondary N) is 2. The van der Waals surface area contributed by atoms with Crippen LogP contribution < -0.4 is 15.4 Å². The number of para-hydroxylation sites is 1. The lowest BCUT2D eigenvalue weighted by Crippen LogP contribution is -2.39. The average molecular weight is 549 g/mol. The maximum Gasteiger partial charge on any atom is 0.191 e. The Bertz CT molecular complexity index is 976. The van der Waals surface area contributed by atoms with Crippen LogP contribution in [-0.2, 0) is 6.54 Å². The highest BCUT2D eigenvalue weighted by Gasteiger charge is 2.11. The van der Waals surface area contributed by atoms with Gasteiger partial charge in [0.1, 0.15) is 5.75 Å². The number of aliphatic hydroxyl groups is 1. The van der Waals surface area contributed by atoms with Gasteiger partial charge in [-0.25, -0.2) is 9.67 Å². The molecule has 0 saturated heterocycles. The van der Waals surface area contributed by atoms with E-state index < -0.39 is 6.10 Å². The molecule has 1 heterocycles. The van der Waals surface area contributed by atoms with Crippen LogP contribution >= 0.6 is 24.0 Å². The lowest BCUT2D eigenvalue weighted by Gasteiger charge is -2.17. The molecule has 172 valence electrons. The molecule has 0 bridgehead atoms. The molecular weight excluding hydrogens is 517 g/mol. The number of aliphatic hydroxyl groups excluding tert-OH is 1. The molecule has 3 N–H and O–H groups in total. The molecule has 0 spiro atoms. The van der Waals surface area contributed by atoms with Crippen molar-refractivity contribution in [2.75, 3.05) is 13.1 Å². The Morgan fingerprint density at radius 2 is 1.94 bits per heavy atom. The highest BCUT2D eigenvalue weighted by atomic mass is 127. The van der Waals surface area contributed by atoms with Crippen molar-refractivity contribution in [2.45, 2.75) is 39.5 Å². The second kappa shape index (κ2) is 13.1. The lowest BCUT2D eigenvalue weighted by atomic mass is 10.1. The van der Waals surface area contributed by atoms with Crippen molar-refractivity contribution >= 4 is 29.9 Å². The van der Waals surface area contributed by atoms with Gasteiger partial charge in [-0.3, -0.25) is 0 Å². The van der Waals surface area contributed by atoms with E-state index >= 15 is 0 Å². The first-order chi connectivity index (χ1) is 15.1. The van der Waals surface area contributed by atoms with E-state index in [2.05, 4.69) is 15.7 Å². The first kappa shape index (κ1) is 25.7. The molecule has 32 heavy (non-hydrogen) atoms. The fourth-order valence-electron chi connectivity index (χ4n) is 3.16. The van der Waals surface area contributed by atoms with E-state index in [0.717, 1.165) is 29.1 Å². The summed E-state index contributed by atoms with van der Waals surface area (Å²) < 4.78 is 7.56. The minimum Gasteiger partial charge on any atom is -0.491 e. The summed E-state index contributed by atoms with van der Waals surface area (Å²) in [6.45, 7) is 7.51. The molecule has 0 aliphatic carbocycles. The summed E-state index contributed by atoms with van der Waals surface area (Å²) in [5.74, 6) is 1.40. The minimum atomic E-state index is -0.684. The fourth-order valence-corrected chi connectivity index (χ4v) is 3.16. The lowest BCUT2D eigenvalue weighted by molar-refractivity contribution is 0.179. The van der Waals surface area contributed by atoms with Crippen molar-refractivity contribution in [2.24, 2.45) is 4.99 Å². The van der Waals surface area contributed by atoms with E-state index in [9.17, 15) is 5.11 Å². The third-order valence-corrected chi connectivity index (χ3v) is 4.57. The summed E-state index contributed by atoms with van der Waals surface area (Å²) in [7, 11) is 0. The number of rotatable bonds is 9. The smallest absolute Gasteiger partial charge is 0.191 e. The molecule has 0 amide bonds. The molecule has 0 aliphatic heterocycles. The number of hydrogen-bond donors (Lipinski definition) is 3. The summed E-state index contributed by atoms with van der Waals surface area (Å²) in [5.41, 5.74) is 2.85. The third-order valence-electron chi connectivity index (χ3n) is 4.57. The van der Waals surface area contributed by atoms with Gasteiger partial charge in [-0.1, -0.05) is 30.3 Å². The maximum absolute atomic E-state index is 10.6. The zero-order chi connectivity index (χ0) is 22.1. The molecule has 1 atom stereocenters. The van der Waals surface area contributed by atoms with Gasteiger partial charge < -0.3 is 20.5 Å². The van der Waals surface area contributed by atoms with E-state index in [-0.39, 0.29) is 30.1 Å². The SMILES string of the molecule is CCNC(=NCc1ccccc1-n1cccn1)NCC(O)c1cccc(OC(C)C)c1.I. The van der Waals surface area contributed by atoms with Crippen LogP contribution in [0, 0.1) is 0 Å². The van der Waals surface area contributed by atoms with Crippen LogP contribution in [0.1, 0.15) is 38.0 Å². The van der Waals surface area contributed by atoms with Crippen LogP contribution in [0.25, 0.3) is 5.69 Å². The Morgan fingerprint density at radius 1 is 1.12 bits per heavy atom. The molecule has 1 aromatic heterocycles. The number of nitrogens with zero attached hydrogens (tertiary/aromatic N) is 3. The number of aromatic nitrogens is 2. The maximum atomic E-state index is 10.6. The van der Waals surface area contributed by atoms with E-state index in [1.54, 1.807) is 6.20 Å². The van der Waals surface area contributed by atoms with Crippen LogP contribution in [0.15, 0.2) is 72.0 Å². The van der Waals surface area contributed by atoms with Crippen LogP contribution in [0.3, 0.4) is 0 Å². The number of hydrogen-bond acceptors (Lipinski definition) is 4. The number of aliphatic imine (C=N–C) groups is 1. The molecule has 2 aromatic carbocycles. The fraction of sp³-hybridized carbons (Fsp3) is 0.333. The Kier molecular flexibility index (Phi) is 10.5. The zero-order valence-corrected chi connectivity index (χ0v) is 21.1. The normalized spacial score (nSPS) is 12.2. The molecule has 0 radical (unpaired) electrons. The molecule has 3 rings (SSSR count). The number of benzene rings is 2. The van der Waals surface area contributed by atoms with Gasteiger partial charge >= 0.3 is 0 Å². The monoisotopic (exact) mass is 549 g/mol. The van der Waals surface area contributed by atoms with Gasteiger partial charge in [-0.05, 0) is 56.2 Å². The summed E-state index contributed by atoms with van der Waals surface area (Å²) >= 11 is 0. The van der Waals surface area contributed by atoms with Crippen molar-refractivity contribution in [3.8, 4) is 11.4 Å². The zero-order valence-electron chi connectivity index (χ0n) is 18.7. The van der Waals surface area contributed by atoms with Gasteiger partial charge in [0.05, 0.1) is 24.4 Å².